The lowest BCUT2D eigenvalue weighted by Crippen LogP contribution is -2.19. The highest BCUT2D eigenvalue weighted by molar-refractivity contribution is 5.89. The van der Waals surface area contributed by atoms with Crippen LogP contribution in [0.1, 0.15) is 18.4 Å². The van der Waals surface area contributed by atoms with Crippen LogP contribution in [-0.4, -0.2) is 16.2 Å². The maximum absolute atomic E-state index is 11.2. The summed E-state index contributed by atoms with van der Waals surface area (Å²) in [6.45, 7) is 0. The molecule has 2 aromatic rings. The summed E-state index contributed by atoms with van der Waals surface area (Å²) in [6.07, 6.45) is 1.43. The van der Waals surface area contributed by atoms with Gasteiger partial charge in [-0.25, -0.2) is 0 Å². The fourth-order valence-corrected chi connectivity index (χ4v) is 2.28. The van der Waals surface area contributed by atoms with E-state index in [0.717, 1.165) is 16.3 Å². The molecule has 17 heavy (non-hydrogen) atoms. The first-order valence-electron chi connectivity index (χ1n) is 5.58. The minimum atomic E-state index is -0.740. The molecule has 0 aromatic heterocycles. The lowest BCUT2D eigenvalue weighted by Gasteiger charge is -2.11. The number of phenolic OH excluding ortho intramolecular Hbond substituents is 1. The minimum Gasteiger partial charge on any atom is -0.508 e. The molecule has 3 nitrogen and oxygen atoms in total. The number of benzene rings is 2. The van der Waals surface area contributed by atoms with E-state index in [1.165, 1.54) is 0 Å². The Balaban J connectivity index is 2.15. The summed E-state index contributed by atoms with van der Waals surface area (Å²) in [7, 11) is 0. The molecule has 86 valence electrons. The van der Waals surface area contributed by atoms with Gasteiger partial charge in [-0.15, -0.1) is 0 Å². The second-order valence-corrected chi connectivity index (χ2v) is 4.63. The van der Waals surface area contributed by atoms with Crippen LogP contribution in [0.15, 0.2) is 36.4 Å². The van der Waals surface area contributed by atoms with Gasteiger partial charge in [-0.2, -0.15) is 0 Å². The molecular weight excluding hydrogens is 216 g/mol. The van der Waals surface area contributed by atoms with Crippen molar-refractivity contribution in [3.8, 4) is 5.75 Å². The lowest BCUT2D eigenvalue weighted by atomic mass is 9.94. The molecule has 0 aliphatic heterocycles. The molecule has 3 heteroatoms. The number of hydrogen-bond acceptors (Lipinski definition) is 2. The minimum absolute atomic E-state index is 0.226. The zero-order chi connectivity index (χ0) is 12.0. The summed E-state index contributed by atoms with van der Waals surface area (Å²) < 4.78 is 0. The fourth-order valence-electron chi connectivity index (χ4n) is 2.28. The highest BCUT2D eigenvalue weighted by Crippen LogP contribution is 2.48. The second kappa shape index (κ2) is 3.23. The smallest absolute Gasteiger partial charge is 0.314 e. The van der Waals surface area contributed by atoms with E-state index in [9.17, 15) is 15.0 Å². The van der Waals surface area contributed by atoms with Gasteiger partial charge < -0.3 is 10.2 Å². The summed E-state index contributed by atoms with van der Waals surface area (Å²) in [5.74, 6) is -0.514. The van der Waals surface area contributed by atoms with Crippen LogP contribution in [0.4, 0.5) is 0 Å². The Hall–Kier alpha value is -2.03. The molecule has 3 rings (SSSR count). The average molecular weight is 228 g/mol. The molecule has 1 aliphatic carbocycles. The maximum atomic E-state index is 11.2. The Morgan fingerprint density at radius 2 is 1.71 bits per heavy atom. The molecule has 0 bridgehead atoms. The normalized spacial score (nSPS) is 16.9. The van der Waals surface area contributed by atoms with Crippen LogP contribution < -0.4 is 0 Å². The summed E-state index contributed by atoms with van der Waals surface area (Å²) in [5.41, 5.74) is 0.203. The molecule has 1 fully saturated rings. The summed E-state index contributed by atoms with van der Waals surface area (Å²) in [4.78, 5) is 11.2. The topological polar surface area (TPSA) is 57.5 Å². The van der Waals surface area contributed by atoms with Crippen LogP contribution in [0, 0.1) is 0 Å². The molecule has 0 radical (unpaired) electrons. The van der Waals surface area contributed by atoms with Gasteiger partial charge in [0.1, 0.15) is 5.75 Å². The number of hydrogen-bond donors (Lipinski definition) is 2. The van der Waals surface area contributed by atoms with E-state index < -0.39 is 11.4 Å². The van der Waals surface area contributed by atoms with Gasteiger partial charge in [0.05, 0.1) is 5.41 Å². The first kappa shape index (κ1) is 10.1. The van der Waals surface area contributed by atoms with Crippen LogP contribution >= 0.6 is 0 Å². The summed E-state index contributed by atoms with van der Waals surface area (Å²) >= 11 is 0. The molecule has 0 atom stereocenters. The number of fused-ring (bicyclic) bond motifs is 1. The maximum Gasteiger partial charge on any atom is 0.314 e. The van der Waals surface area contributed by atoms with Crippen molar-refractivity contribution in [1.82, 2.24) is 0 Å². The van der Waals surface area contributed by atoms with Crippen molar-refractivity contribution < 1.29 is 15.0 Å². The monoisotopic (exact) mass is 228 g/mol. The Labute approximate surface area is 98.3 Å². The predicted molar refractivity (Wildman–Crippen MR) is 64.2 cm³/mol. The number of rotatable bonds is 2. The zero-order valence-electron chi connectivity index (χ0n) is 9.18. The summed E-state index contributed by atoms with van der Waals surface area (Å²) in [5, 5.41) is 20.5. The third-order valence-corrected chi connectivity index (χ3v) is 3.54. The number of carboxylic acid groups (broad SMARTS) is 1. The number of carbonyl (C=O) groups is 1. The van der Waals surface area contributed by atoms with E-state index >= 15 is 0 Å². The Morgan fingerprint density at radius 3 is 2.35 bits per heavy atom. The van der Waals surface area contributed by atoms with Crippen LogP contribution in [0.2, 0.25) is 0 Å². The molecular formula is C14H12O3. The highest BCUT2D eigenvalue weighted by Gasteiger charge is 2.51. The van der Waals surface area contributed by atoms with Crippen molar-refractivity contribution in [3.05, 3.63) is 42.0 Å². The van der Waals surface area contributed by atoms with E-state index in [1.807, 2.05) is 24.3 Å². The molecule has 0 amide bonds. The standard InChI is InChI=1S/C14H12O3/c15-12-4-2-9-7-11(3-1-10(9)8-12)14(5-6-14)13(16)17/h1-4,7-8,15H,5-6H2,(H,16,17). The van der Waals surface area contributed by atoms with E-state index in [0.29, 0.717) is 12.8 Å². The van der Waals surface area contributed by atoms with Crippen molar-refractivity contribution in [2.24, 2.45) is 0 Å². The average Bonchev–Trinajstić information content (AvgIpc) is 3.09. The highest BCUT2D eigenvalue weighted by atomic mass is 16.4. The third kappa shape index (κ3) is 1.46. The van der Waals surface area contributed by atoms with Crippen molar-refractivity contribution in [3.63, 3.8) is 0 Å². The third-order valence-electron chi connectivity index (χ3n) is 3.54. The van der Waals surface area contributed by atoms with Crippen LogP contribution in [0.25, 0.3) is 10.8 Å². The van der Waals surface area contributed by atoms with Crippen LogP contribution in [0.3, 0.4) is 0 Å². The Kier molecular flexibility index (Phi) is 1.93. The first-order chi connectivity index (χ1) is 8.12. The quantitative estimate of drug-likeness (QED) is 0.830. The van der Waals surface area contributed by atoms with E-state index in [4.69, 9.17) is 0 Å². The summed E-state index contributed by atoms with van der Waals surface area (Å²) in [6, 6.07) is 10.7. The van der Waals surface area contributed by atoms with E-state index in [2.05, 4.69) is 0 Å². The van der Waals surface area contributed by atoms with Gasteiger partial charge in [0, 0.05) is 0 Å². The molecule has 0 unspecified atom stereocenters. The second-order valence-electron chi connectivity index (χ2n) is 4.63. The van der Waals surface area contributed by atoms with E-state index in [-0.39, 0.29) is 5.75 Å². The zero-order valence-corrected chi connectivity index (χ0v) is 9.18. The van der Waals surface area contributed by atoms with Gasteiger partial charge >= 0.3 is 5.97 Å². The molecule has 0 spiro atoms. The van der Waals surface area contributed by atoms with Gasteiger partial charge in [-0.05, 0) is 41.3 Å². The van der Waals surface area contributed by atoms with E-state index in [1.54, 1.807) is 12.1 Å². The molecule has 2 aromatic carbocycles. The number of aliphatic carboxylic acids is 1. The Bertz CT molecular complexity index is 612. The molecule has 0 heterocycles. The number of carboxylic acids is 1. The van der Waals surface area contributed by atoms with Crippen molar-refractivity contribution in [1.29, 1.82) is 0 Å². The molecule has 2 N–H and O–H groups in total. The Morgan fingerprint density at radius 1 is 1.06 bits per heavy atom. The fraction of sp³-hybridized carbons (Fsp3) is 0.214. The van der Waals surface area contributed by atoms with Gasteiger partial charge in [-0.3, -0.25) is 4.79 Å². The van der Waals surface area contributed by atoms with Crippen LogP contribution in [0.5, 0.6) is 5.75 Å². The van der Waals surface area contributed by atoms with Gasteiger partial charge in [0.25, 0.3) is 0 Å². The van der Waals surface area contributed by atoms with Crippen molar-refractivity contribution in [2.45, 2.75) is 18.3 Å². The SMILES string of the molecule is O=C(O)C1(c2ccc3cc(O)ccc3c2)CC1. The number of aromatic hydroxyl groups is 1. The van der Waals surface area contributed by atoms with Gasteiger partial charge in [0.15, 0.2) is 0 Å². The van der Waals surface area contributed by atoms with Gasteiger partial charge in [-0.1, -0.05) is 24.3 Å². The number of phenols is 1. The van der Waals surface area contributed by atoms with Crippen LogP contribution in [-0.2, 0) is 10.2 Å². The van der Waals surface area contributed by atoms with Gasteiger partial charge in [0.2, 0.25) is 0 Å². The largest absolute Gasteiger partial charge is 0.508 e. The lowest BCUT2D eigenvalue weighted by molar-refractivity contribution is -0.140. The first-order valence-corrected chi connectivity index (χ1v) is 5.58. The predicted octanol–water partition coefficient (Wildman–Crippen LogP) is 2.66. The molecule has 1 aliphatic rings. The molecule has 1 saturated carbocycles. The molecule has 0 saturated heterocycles. The van der Waals surface area contributed by atoms with Crippen molar-refractivity contribution >= 4 is 16.7 Å². The van der Waals surface area contributed by atoms with Crippen molar-refractivity contribution in [2.75, 3.05) is 0 Å².